The molecule has 1 fully saturated rings. The minimum Gasteiger partial charge on any atom is -0.372 e. The van der Waals surface area contributed by atoms with Crippen molar-refractivity contribution in [2.75, 3.05) is 29.9 Å². The summed E-state index contributed by atoms with van der Waals surface area (Å²) in [5.41, 5.74) is 7.61. The highest BCUT2D eigenvalue weighted by molar-refractivity contribution is 5.92. The molecule has 0 bridgehead atoms. The summed E-state index contributed by atoms with van der Waals surface area (Å²) in [6.45, 7) is 4.73. The van der Waals surface area contributed by atoms with E-state index in [-0.39, 0.29) is 11.8 Å². The highest BCUT2D eigenvalue weighted by Gasteiger charge is 2.13. The molecule has 1 heterocycles. The Morgan fingerprint density at radius 3 is 2.38 bits per heavy atom. The third-order valence-electron chi connectivity index (χ3n) is 4.15. The van der Waals surface area contributed by atoms with Crippen LogP contribution in [0.3, 0.4) is 0 Å². The van der Waals surface area contributed by atoms with Crippen LogP contribution in [0.1, 0.15) is 39.0 Å². The maximum atomic E-state index is 12.0. The zero-order chi connectivity index (χ0) is 15.1. The Morgan fingerprint density at radius 2 is 1.81 bits per heavy atom. The highest BCUT2D eigenvalue weighted by Crippen LogP contribution is 2.22. The number of nitrogens with zero attached hydrogens (tertiary/aromatic N) is 1. The molecule has 0 spiro atoms. The van der Waals surface area contributed by atoms with E-state index in [0.717, 1.165) is 25.2 Å². The number of hydrogen-bond donors (Lipinski definition) is 2. The van der Waals surface area contributed by atoms with Gasteiger partial charge in [0.05, 0.1) is 0 Å². The molecule has 4 nitrogen and oxygen atoms in total. The Bertz CT molecular complexity index is 436. The van der Waals surface area contributed by atoms with E-state index in [4.69, 9.17) is 5.73 Å². The molecule has 1 aliphatic rings. The zero-order valence-corrected chi connectivity index (χ0v) is 13.0. The fourth-order valence-electron chi connectivity index (χ4n) is 2.73. The first-order valence-corrected chi connectivity index (χ1v) is 8.06. The summed E-state index contributed by atoms with van der Waals surface area (Å²) in [5, 5.41) is 2.96. The van der Waals surface area contributed by atoms with Crippen LogP contribution in [-0.2, 0) is 4.79 Å². The Labute approximate surface area is 127 Å². The van der Waals surface area contributed by atoms with E-state index in [0.29, 0.717) is 6.54 Å². The number of anilines is 2. The summed E-state index contributed by atoms with van der Waals surface area (Å²) >= 11 is 0. The molecule has 0 radical (unpaired) electrons. The zero-order valence-electron chi connectivity index (χ0n) is 13.0. The van der Waals surface area contributed by atoms with E-state index in [1.807, 2.05) is 19.1 Å². The van der Waals surface area contributed by atoms with Crippen LogP contribution in [0.4, 0.5) is 11.4 Å². The van der Waals surface area contributed by atoms with E-state index in [1.54, 1.807) is 0 Å². The first kappa shape index (κ1) is 15.8. The first-order chi connectivity index (χ1) is 10.2. The van der Waals surface area contributed by atoms with Crippen molar-refractivity contribution in [3.05, 3.63) is 24.3 Å². The normalized spacial score (nSPS) is 17.1. The second-order valence-corrected chi connectivity index (χ2v) is 5.92. The van der Waals surface area contributed by atoms with Gasteiger partial charge in [-0.3, -0.25) is 4.79 Å². The summed E-state index contributed by atoms with van der Waals surface area (Å²) in [5.74, 6) is 0.00301. The van der Waals surface area contributed by atoms with E-state index in [1.165, 1.54) is 31.4 Å². The van der Waals surface area contributed by atoms with Gasteiger partial charge in [0.1, 0.15) is 0 Å². The Balaban J connectivity index is 1.93. The topological polar surface area (TPSA) is 58.4 Å². The van der Waals surface area contributed by atoms with E-state index < -0.39 is 0 Å². The average Bonchev–Trinajstić information content (AvgIpc) is 2.77. The molecular formula is C17H27N3O. The fraction of sp³-hybridized carbons (Fsp3) is 0.588. The predicted octanol–water partition coefficient (Wildman–Crippen LogP) is 2.99. The van der Waals surface area contributed by atoms with Crippen LogP contribution in [-0.4, -0.2) is 25.5 Å². The number of carbonyl (C=O) groups is 1. The molecule has 3 N–H and O–H groups in total. The van der Waals surface area contributed by atoms with E-state index >= 15 is 0 Å². The van der Waals surface area contributed by atoms with Gasteiger partial charge in [-0.25, -0.2) is 0 Å². The highest BCUT2D eigenvalue weighted by atomic mass is 16.1. The van der Waals surface area contributed by atoms with Gasteiger partial charge in [0.2, 0.25) is 5.91 Å². The minimum absolute atomic E-state index is 0.0414. The van der Waals surface area contributed by atoms with Crippen molar-refractivity contribution in [3.63, 3.8) is 0 Å². The van der Waals surface area contributed by atoms with Crippen molar-refractivity contribution in [2.45, 2.75) is 39.0 Å². The summed E-state index contributed by atoms with van der Waals surface area (Å²) in [6, 6.07) is 8.20. The second-order valence-electron chi connectivity index (χ2n) is 5.92. The molecule has 1 aromatic carbocycles. The Morgan fingerprint density at radius 1 is 1.19 bits per heavy atom. The molecule has 1 atom stereocenters. The summed E-state index contributed by atoms with van der Waals surface area (Å²) < 4.78 is 0. The molecule has 1 aromatic rings. The molecule has 4 heteroatoms. The van der Waals surface area contributed by atoms with Crippen molar-refractivity contribution in [3.8, 4) is 0 Å². The van der Waals surface area contributed by atoms with Crippen LogP contribution in [0.2, 0.25) is 0 Å². The quantitative estimate of drug-likeness (QED) is 0.876. The minimum atomic E-state index is -0.0414. The maximum absolute atomic E-state index is 12.0. The average molecular weight is 289 g/mol. The fourth-order valence-corrected chi connectivity index (χ4v) is 2.73. The van der Waals surface area contributed by atoms with Crippen molar-refractivity contribution < 1.29 is 4.79 Å². The van der Waals surface area contributed by atoms with Crippen LogP contribution in [0.5, 0.6) is 0 Å². The number of rotatable bonds is 5. The molecule has 1 amide bonds. The van der Waals surface area contributed by atoms with Gasteiger partial charge in [-0.2, -0.15) is 0 Å². The lowest BCUT2D eigenvalue weighted by atomic mass is 10.1. The number of nitrogens with two attached hydrogens (primary N) is 1. The predicted molar refractivity (Wildman–Crippen MR) is 88.6 cm³/mol. The standard InChI is InChI=1S/C17H27N3O/c1-14(10-11-18)17(21)19-15-6-8-16(9-7-15)20-12-4-2-3-5-13-20/h6-9,14H,2-5,10-13,18H2,1H3,(H,19,21). The number of carbonyl (C=O) groups excluding carboxylic acids is 1. The Kier molecular flexibility index (Phi) is 6.05. The van der Waals surface area contributed by atoms with Crippen molar-refractivity contribution in [1.82, 2.24) is 0 Å². The summed E-state index contributed by atoms with van der Waals surface area (Å²) in [6.07, 6.45) is 5.94. The third-order valence-corrected chi connectivity index (χ3v) is 4.15. The van der Waals surface area contributed by atoms with Crippen molar-refractivity contribution in [1.29, 1.82) is 0 Å². The molecule has 0 aromatic heterocycles. The smallest absolute Gasteiger partial charge is 0.227 e. The van der Waals surface area contributed by atoms with Gasteiger partial charge in [0, 0.05) is 30.4 Å². The van der Waals surface area contributed by atoms with Crippen LogP contribution < -0.4 is 16.0 Å². The lowest BCUT2D eigenvalue weighted by Gasteiger charge is -2.23. The molecule has 116 valence electrons. The van der Waals surface area contributed by atoms with Crippen LogP contribution in [0.15, 0.2) is 24.3 Å². The van der Waals surface area contributed by atoms with Gasteiger partial charge in [0.25, 0.3) is 0 Å². The van der Waals surface area contributed by atoms with Gasteiger partial charge in [0.15, 0.2) is 0 Å². The van der Waals surface area contributed by atoms with Gasteiger partial charge >= 0.3 is 0 Å². The molecule has 2 rings (SSSR count). The number of nitrogens with one attached hydrogen (secondary N) is 1. The van der Waals surface area contributed by atoms with Crippen LogP contribution in [0, 0.1) is 5.92 Å². The monoisotopic (exact) mass is 289 g/mol. The first-order valence-electron chi connectivity index (χ1n) is 8.06. The molecular weight excluding hydrogens is 262 g/mol. The maximum Gasteiger partial charge on any atom is 0.227 e. The molecule has 1 unspecified atom stereocenters. The van der Waals surface area contributed by atoms with Crippen molar-refractivity contribution >= 4 is 17.3 Å². The SMILES string of the molecule is CC(CCN)C(=O)Nc1ccc(N2CCCCCC2)cc1. The lowest BCUT2D eigenvalue weighted by Crippen LogP contribution is -2.24. The lowest BCUT2D eigenvalue weighted by molar-refractivity contribution is -0.119. The Hall–Kier alpha value is -1.55. The second kappa shape index (κ2) is 8.03. The van der Waals surface area contributed by atoms with E-state index in [9.17, 15) is 4.79 Å². The summed E-state index contributed by atoms with van der Waals surface area (Å²) in [4.78, 5) is 14.4. The largest absolute Gasteiger partial charge is 0.372 e. The molecule has 0 saturated carbocycles. The number of hydrogen-bond acceptors (Lipinski definition) is 3. The van der Waals surface area contributed by atoms with E-state index in [2.05, 4.69) is 22.3 Å². The number of amides is 1. The summed E-state index contributed by atoms with van der Waals surface area (Å²) in [7, 11) is 0. The van der Waals surface area contributed by atoms with Crippen molar-refractivity contribution in [2.24, 2.45) is 11.7 Å². The van der Waals surface area contributed by atoms with Crippen LogP contribution in [0.25, 0.3) is 0 Å². The molecule has 1 aliphatic heterocycles. The van der Waals surface area contributed by atoms with Gasteiger partial charge < -0.3 is 16.0 Å². The molecule has 21 heavy (non-hydrogen) atoms. The molecule has 0 aliphatic carbocycles. The van der Waals surface area contributed by atoms with Gasteiger partial charge in [-0.1, -0.05) is 19.8 Å². The molecule has 1 saturated heterocycles. The van der Waals surface area contributed by atoms with Gasteiger partial charge in [-0.05, 0) is 50.1 Å². The van der Waals surface area contributed by atoms with Crippen LogP contribution >= 0.6 is 0 Å². The third kappa shape index (κ3) is 4.74. The van der Waals surface area contributed by atoms with Gasteiger partial charge in [-0.15, -0.1) is 0 Å². The number of benzene rings is 1.